The van der Waals surface area contributed by atoms with Crippen LogP contribution in [0.2, 0.25) is 0 Å². The highest BCUT2D eigenvalue weighted by atomic mass is 31.2. The Hall–Kier alpha value is -2.74. The summed E-state index contributed by atoms with van der Waals surface area (Å²) in [5.41, 5.74) is 0. The molecule has 0 spiro atoms. The highest BCUT2D eigenvalue weighted by molar-refractivity contribution is 7.48. The summed E-state index contributed by atoms with van der Waals surface area (Å²) in [7, 11) is -0.109. The molecule has 0 radical (unpaired) electrons. The summed E-state index contributed by atoms with van der Waals surface area (Å²) in [6, 6.07) is 0. The fourth-order valence-electron chi connectivity index (χ4n) is 1.43. The minimum atomic E-state index is -4.33. The van der Waals surface area contributed by atoms with Crippen LogP contribution in [0.15, 0.2) is 35.5 Å². The number of nitrogens with one attached hydrogen (secondary N) is 3. The van der Waals surface area contributed by atoms with E-state index in [9.17, 15) is 18.9 Å². The van der Waals surface area contributed by atoms with E-state index < -0.39 is 25.5 Å². The molecule has 0 heterocycles. The van der Waals surface area contributed by atoms with Crippen molar-refractivity contribution in [1.29, 1.82) is 0 Å². The van der Waals surface area contributed by atoms with Crippen LogP contribution < -0.4 is 16.0 Å². The number of allylic oxidation sites excluding steroid dienone is 3. The van der Waals surface area contributed by atoms with Gasteiger partial charge in [0.2, 0.25) is 17.7 Å². The lowest BCUT2D eigenvalue weighted by atomic mass is 10.4. The number of hydrogen-bond donors (Lipinski definition) is 3. The third kappa shape index (κ3) is 9.53. The summed E-state index contributed by atoms with van der Waals surface area (Å²) < 4.78 is 28.3. The normalized spacial score (nSPS) is 12.8. The molecule has 0 aromatic carbocycles. The van der Waals surface area contributed by atoms with Gasteiger partial charge in [0.1, 0.15) is 17.3 Å². The Balaban J connectivity index is 5.60. The predicted octanol–water partition coefficient (Wildman–Crippen LogP) is 1.09. The van der Waals surface area contributed by atoms with Crippen LogP contribution in [0.25, 0.3) is 0 Å². The average molecular weight is 389 g/mol. The Bertz CT molecular complexity index is 592. The van der Waals surface area contributed by atoms with Crippen molar-refractivity contribution in [1.82, 2.24) is 16.0 Å². The second kappa shape index (κ2) is 11.0. The average Bonchev–Trinajstić information content (AvgIpc) is 2.52. The molecule has 3 amide bonds. The first-order valence-electron chi connectivity index (χ1n) is 7.44. The lowest BCUT2D eigenvalue weighted by Crippen LogP contribution is -2.16. The monoisotopic (exact) mass is 389 g/mol. The van der Waals surface area contributed by atoms with Crippen LogP contribution in [0.5, 0.6) is 0 Å². The first kappa shape index (κ1) is 23.3. The number of amides is 3. The van der Waals surface area contributed by atoms with Gasteiger partial charge >= 0.3 is 7.82 Å². The second-order valence-electron chi connectivity index (χ2n) is 4.83. The van der Waals surface area contributed by atoms with Crippen molar-refractivity contribution in [2.45, 2.75) is 20.8 Å². The molecule has 0 fully saturated rings. The van der Waals surface area contributed by atoms with Crippen molar-refractivity contribution >= 4 is 25.5 Å². The molecule has 146 valence electrons. The van der Waals surface area contributed by atoms with Gasteiger partial charge in [0, 0.05) is 39.4 Å². The van der Waals surface area contributed by atoms with Crippen molar-refractivity contribution in [3.8, 4) is 0 Å². The molecule has 0 atom stereocenters. The molecule has 11 heteroatoms. The smallest absolute Gasteiger partial charge is 0.391 e. The topological polar surface area (TPSA) is 132 Å². The maximum atomic E-state index is 12.9. The summed E-state index contributed by atoms with van der Waals surface area (Å²) in [6.45, 7) is 4.10. The summed E-state index contributed by atoms with van der Waals surface area (Å²) in [5.74, 6) is -1.67. The Morgan fingerprint density at radius 2 is 0.885 bits per heavy atom. The zero-order valence-electron chi connectivity index (χ0n) is 15.5. The van der Waals surface area contributed by atoms with Crippen LogP contribution in [0.1, 0.15) is 20.8 Å². The molecule has 0 aromatic rings. The fraction of sp³-hybridized carbons (Fsp3) is 0.400. The van der Waals surface area contributed by atoms with Gasteiger partial charge < -0.3 is 29.5 Å². The highest BCUT2D eigenvalue weighted by Crippen LogP contribution is 2.54. The van der Waals surface area contributed by atoms with Crippen LogP contribution in [0, 0.1) is 0 Å². The lowest BCUT2D eigenvalue weighted by Gasteiger charge is -2.20. The van der Waals surface area contributed by atoms with Crippen molar-refractivity contribution < 1.29 is 32.5 Å². The van der Waals surface area contributed by atoms with Gasteiger partial charge in [-0.05, 0) is 20.8 Å². The zero-order valence-corrected chi connectivity index (χ0v) is 16.4. The minimum absolute atomic E-state index is 0.0619. The van der Waals surface area contributed by atoms with E-state index in [1.165, 1.54) is 41.9 Å². The molecule has 0 aromatic heterocycles. The molecule has 10 nitrogen and oxygen atoms in total. The van der Waals surface area contributed by atoms with E-state index in [-0.39, 0.29) is 17.3 Å². The second-order valence-corrected chi connectivity index (χ2v) is 6.27. The van der Waals surface area contributed by atoms with E-state index in [1.807, 2.05) is 0 Å². The quantitative estimate of drug-likeness (QED) is 0.305. The van der Waals surface area contributed by atoms with Gasteiger partial charge in [-0.15, -0.1) is 0 Å². The molecule has 0 saturated carbocycles. The van der Waals surface area contributed by atoms with Crippen molar-refractivity contribution in [2.75, 3.05) is 21.1 Å². The minimum Gasteiger partial charge on any atom is -0.391 e. The maximum absolute atomic E-state index is 12.9. The molecule has 0 aliphatic heterocycles. The van der Waals surface area contributed by atoms with Crippen LogP contribution in [-0.4, -0.2) is 38.9 Å². The summed E-state index contributed by atoms with van der Waals surface area (Å²) in [4.78, 5) is 34.1. The van der Waals surface area contributed by atoms with E-state index in [2.05, 4.69) is 16.0 Å². The van der Waals surface area contributed by atoms with Crippen molar-refractivity contribution in [3.05, 3.63) is 35.5 Å². The molecule has 0 bridgehead atoms. The Labute approximate surface area is 152 Å². The molecular weight excluding hydrogens is 365 g/mol. The van der Waals surface area contributed by atoms with E-state index >= 15 is 0 Å². The van der Waals surface area contributed by atoms with Gasteiger partial charge in [-0.1, -0.05) is 0 Å². The number of phosphoric ester groups is 1. The van der Waals surface area contributed by atoms with Crippen LogP contribution in [0.3, 0.4) is 0 Å². The number of carbonyl (C=O) groups is 3. The fourth-order valence-corrected chi connectivity index (χ4v) is 2.76. The predicted molar refractivity (Wildman–Crippen MR) is 94.3 cm³/mol. The van der Waals surface area contributed by atoms with Crippen LogP contribution in [0.4, 0.5) is 0 Å². The third-order valence-electron chi connectivity index (χ3n) is 2.51. The van der Waals surface area contributed by atoms with E-state index in [0.29, 0.717) is 0 Å². The van der Waals surface area contributed by atoms with Gasteiger partial charge in [0.25, 0.3) is 0 Å². The SMILES string of the molecule is CNC(=O)/C=C(\C)OP(=O)(O/C(C)=C/C(=O)NC)O/C(C)=C/C(=O)NC. The van der Waals surface area contributed by atoms with E-state index in [1.54, 1.807) is 0 Å². The third-order valence-corrected chi connectivity index (χ3v) is 4.04. The summed E-state index contributed by atoms with van der Waals surface area (Å²) in [5, 5.41) is 7.01. The molecule has 26 heavy (non-hydrogen) atoms. The van der Waals surface area contributed by atoms with Crippen LogP contribution >= 0.6 is 7.82 Å². The molecule has 0 rings (SSSR count). The summed E-state index contributed by atoms with van der Waals surface area (Å²) in [6.07, 6.45) is 3.11. The molecular formula is C15H24N3O7P. The maximum Gasteiger partial charge on any atom is 0.646 e. The number of phosphoric acid groups is 1. The highest BCUT2D eigenvalue weighted by Gasteiger charge is 2.33. The first-order valence-corrected chi connectivity index (χ1v) is 8.90. The van der Waals surface area contributed by atoms with E-state index in [4.69, 9.17) is 13.6 Å². The van der Waals surface area contributed by atoms with Crippen molar-refractivity contribution in [3.63, 3.8) is 0 Å². The van der Waals surface area contributed by atoms with Crippen molar-refractivity contribution in [2.24, 2.45) is 0 Å². The molecule has 3 N–H and O–H groups in total. The van der Waals surface area contributed by atoms with Gasteiger partial charge in [0.15, 0.2) is 0 Å². The van der Waals surface area contributed by atoms with Gasteiger partial charge in [0.05, 0.1) is 0 Å². The standard InChI is InChI=1S/C15H24N3O7P/c1-10(7-13(19)16-4)23-26(22,24-11(2)8-14(20)17-5)25-12(3)9-15(21)18-6/h7-9H,1-6H3,(H,16,19)(H,17,20)(H,18,21)/b10-7+,11-8+,12-9+. The number of rotatable bonds is 9. The molecule has 0 unspecified atom stereocenters. The van der Waals surface area contributed by atoms with Gasteiger partial charge in [-0.3, -0.25) is 14.4 Å². The zero-order chi connectivity index (χ0) is 20.3. The number of carbonyl (C=O) groups excluding carboxylic acids is 3. The van der Waals surface area contributed by atoms with Crippen LogP contribution in [-0.2, 0) is 32.5 Å². The lowest BCUT2D eigenvalue weighted by molar-refractivity contribution is -0.117. The van der Waals surface area contributed by atoms with Gasteiger partial charge in [-0.2, -0.15) is 4.57 Å². The Kier molecular flexibility index (Phi) is 9.83. The number of likely N-dealkylation sites (N-methyl/N-ethyl adjacent to an activating group) is 3. The first-order chi connectivity index (χ1) is 12.0. The summed E-state index contributed by atoms with van der Waals surface area (Å²) >= 11 is 0. The number of hydrogen-bond acceptors (Lipinski definition) is 7. The van der Waals surface area contributed by atoms with Gasteiger partial charge in [-0.25, -0.2) is 0 Å². The Morgan fingerprint density at radius 1 is 0.654 bits per heavy atom. The largest absolute Gasteiger partial charge is 0.646 e. The molecule has 0 aliphatic rings. The molecule has 0 saturated heterocycles. The Morgan fingerprint density at radius 3 is 1.08 bits per heavy atom. The van der Waals surface area contributed by atoms with E-state index in [0.717, 1.165) is 18.2 Å². The molecule has 0 aliphatic carbocycles.